The molecular weight excluding hydrogens is 318 g/mol. The lowest BCUT2D eigenvalue weighted by Crippen LogP contribution is -2.38. The van der Waals surface area contributed by atoms with Gasteiger partial charge in [-0.3, -0.25) is 9.59 Å². The summed E-state index contributed by atoms with van der Waals surface area (Å²) in [4.78, 5) is 27.0. The van der Waals surface area contributed by atoms with Crippen LogP contribution in [0.5, 0.6) is 5.75 Å². The maximum absolute atomic E-state index is 12.8. The molecule has 134 valence electrons. The minimum absolute atomic E-state index is 0.0672. The molecule has 0 aromatic heterocycles. The number of ketones is 1. The van der Waals surface area contributed by atoms with Crippen molar-refractivity contribution in [1.82, 2.24) is 4.90 Å². The number of aliphatic hydroxyl groups excluding tert-OH is 1. The van der Waals surface area contributed by atoms with Crippen molar-refractivity contribution in [2.75, 3.05) is 6.61 Å². The number of benzene rings is 1. The number of hydrogen-bond donors (Lipinski definition) is 1. The summed E-state index contributed by atoms with van der Waals surface area (Å²) in [5.41, 5.74) is 1.04. The van der Waals surface area contributed by atoms with Crippen molar-refractivity contribution in [3.8, 4) is 5.75 Å². The van der Waals surface area contributed by atoms with Crippen LogP contribution < -0.4 is 4.74 Å². The van der Waals surface area contributed by atoms with Gasteiger partial charge in [0.05, 0.1) is 18.2 Å². The van der Waals surface area contributed by atoms with E-state index in [1.807, 2.05) is 31.2 Å². The number of Topliss-reactive ketones (excluding diaryl/α,β-unsaturated/α-hetero) is 1. The Morgan fingerprint density at radius 2 is 2.00 bits per heavy atom. The lowest BCUT2D eigenvalue weighted by molar-refractivity contribution is -0.131. The summed E-state index contributed by atoms with van der Waals surface area (Å²) in [6.07, 6.45) is 4.21. The maximum atomic E-state index is 12.8. The summed E-state index contributed by atoms with van der Waals surface area (Å²) < 4.78 is 5.58. The van der Waals surface area contributed by atoms with E-state index < -0.39 is 11.9 Å². The first-order valence-corrected chi connectivity index (χ1v) is 9.10. The van der Waals surface area contributed by atoms with Gasteiger partial charge in [-0.1, -0.05) is 31.9 Å². The molecule has 1 fully saturated rings. The van der Waals surface area contributed by atoms with E-state index in [2.05, 4.69) is 0 Å². The molecule has 2 aliphatic rings. The molecule has 5 nitrogen and oxygen atoms in total. The van der Waals surface area contributed by atoms with Crippen molar-refractivity contribution < 1.29 is 19.4 Å². The van der Waals surface area contributed by atoms with Gasteiger partial charge < -0.3 is 14.7 Å². The molecule has 25 heavy (non-hydrogen) atoms. The summed E-state index contributed by atoms with van der Waals surface area (Å²) in [5.74, 6) is -0.284. The highest BCUT2D eigenvalue weighted by atomic mass is 16.5. The van der Waals surface area contributed by atoms with Crippen LogP contribution in [0.4, 0.5) is 0 Å². The highest BCUT2D eigenvalue weighted by Gasteiger charge is 2.46. The Bertz CT molecular complexity index is 703. The van der Waals surface area contributed by atoms with Gasteiger partial charge in [0.1, 0.15) is 5.75 Å². The Balaban J connectivity index is 2.07. The molecule has 1 N–H and O–H groups in total. The maximum Gasteiger partial charge on any atom is 0.290 e. The monoisotopic (exact) mass is 343 g/mol. The molecule has 5 heteroatoms. The number of carbonyl (C=O) groups excluding carboxylic acids is 2. The number of aliphatic hydroxyl groups is 1. The van der Waals surface area contributed by atoms with E-state index in [1.165, 1.54) is 0 Å². The Morgan fingerprint density at radius 1 is 1.28 bits per heavy atom. The highest BCUT2D eigenvalue weighted by molar-refractivity contribution is 6.09. The smallest absolute Gasteiger partial charge is 0.290 e. The highest BCUT2D eigenvalue weighted by Crippen LogP contribution is 2.43. The van der Waals surface area contributed by atoms with Gasteiger partial charge in [0.15, 0.2) is 11.5 Å². The number of nitrogens with zero attached hydrogens (tertiary/aromatic N) is 1. The van der Waals surface area contributed by atoms with Crippen LogP contribution in [0.3, 0.4) is 0 Å². The minimum atomic E-state index is -0.525. The van der Waals surface area contributed by atoms with Crippen molar-refractivity contribution in [2.45, 2.75) is 58.0 Å². The summed E-state index contributed by atoms with van der Waals surface area (Å²) in [6.45, 7) is 4.20. The largest absolute Gasteiger partial charge is 0.503 e. The van der Waals surface area contributed by atoms with Crippen LogP contribution in [0.2, 0.25) is 0 Å². The van der Waals surface area contributed by atoms with Gasteiger partial charge in [-0.15, -0.1) is 0 Å². The molecule has 0 spiro atoms. The van der Waals surface area contributed by atoms with Crippen LogP contribution in [0.25, 0.3) is 0 Å². The third-order valence-electron chi connectivity index (χ3n) is 5.07. The van der Waals surface area contributed by atoms with Crippen LogP contribution in [0.1, 0.15) is 57.6 Å². The lowest BCUT2D eigenvalue weighted by Gasteiger charge is -2.32. The number of hydrogen-bond acceptors (Lipinski definition) is 4. The molecule has 1 saturated carbocycles. The molecule has 0 bridgehead atoms. The minimum Gasteiger partial charge on any atom is -0.503 e. The Kier molecular flexibility index (Phi) is 5.11. The molecule has 1 aromatic carbocycles. The van der Waals surface area contributed by atoms with Gasteiger partial charge in [0.2, 0.25) is 0 Å². The lowest BCUT2D eigenvalue weighted by atomic mass is 9.94. The molecule has 1 aliphatic heterocycles. The number of rotatable bonds is 6. The zero-order valence-electron chi connectivity index (χ0n) is 14.8. The van der Waals surface area contributed by atoms with Gasteiger partial charge in [-0.25, -0.2) is 0 Å². The Hall–Kier alpha value is -2.30. The van der Waals surface area contributed by atoms with Gasteiger partial charge in [-0.2, -0.15) is 0 Å². The summed E-state index contributed by atoms with van der Waals surface area (Å²) >= 11 is 0. The van der Waals surface area contributed by atoms with Crippen LogP contribution in [0, 0.1) is 0 Å². The first kappa shape index (κ1) is 17.5. The Morgan fingerprint density at radius 3 is 2.64 bits per heavy atom. The molecule has 1 aliphatic carbocycles. The molecule has 1 amide bonds. The van der Waals surface area contributed by atoms with Crippen molar-refractivity contribution in [3.63, 3.8) is 0 Å². The predicted octanol–water partition coefficient (Wildman–Crippen LogP) is 3.70. The van der Waals surface area contributed by atoms with Crippen LogP contribution in [0.15, 0.2) is 35.6 Å². The zero-order valence-corrected chi connectivity index (χ0v) is 14.8. The molecule has 1 aromatic rings. The molecule has 0 radical (unpaired) electrons. The van der Waals surface area contributed by atoms with E-state index in [-0.39, 0.29) is 29.6 Å². The van der Waals surface area contributed by atoms with E-state index in [0.717, 1.165) is 31.2 Å². The van der Waals surface area contributed by atoms with E-state index in [1.54, 1.807) is 11.8 Å². The summed E-state index contributed by atoms with van der Waals surface area (Å²) in [6, 6.07) is 7.02. The number of amides is 1. The summed E-state index contributed by atoms with van der Waals surface area (Å²) in [7, 11) is 0. The predicted molar refractivity (Wildman–Crippen MR) is 94.4 cm³/mol. The van der Waals surface area contributed by atoms with E-state index in [9.17, 15) is 14.7 Å². The molecule has 3 rings (SSSR count). The molecule has 1 heterocycles. The molecule has 0 saturated heterocycles. The van der Waals surface area contributed by atoms with E-state index in [0.29, 0.717) is 12.4 Å². The second-order valence-corrected chi connectivity index (χ2v) is 6.60. The number of carbonyl (C=O) groups is 2. The van der Waals surface area contributed by atoms with E-state index in [4.69, 9.17) is 4.74 Å². The molecule has 1 atom stereocenters. The van der Waals surface area contributed by atoms with Gasteiger partial charge in [0, 0.05) is 12.5 Å². The SMILES string of the molecule is CCOc1cccc(C2C(C(=O)CC)=C(O)C(=O)N2C2CCCC2)c1. The van der Waals surface area contributed by atoms with Crippen molar-refractivity contribution in [1.29, 1.82) is 0 Å². The van der Waals surface area contributed by atoms with Gasteiger partial charge in [0.25, 0.3) is 5.91 Å². The fraction of sp³-hybridized carbons (Fsp3) is 0.500. The van der Waals surface area contributed by atoms with Crippen molar-refractivity contribution >= 4 is 11.7 Å². The third-order valence-corrected chi connectivity index (χ3v) is 5.07. The molecule has 1 unspecified atom stereocenters. The third kappa shape index (κ3) is 3.15. The van der Waals surface area contributed by atoms with Crippen LogP contribution in [-0.2, 0) is 9.59 Å². The van der Waals surface area contributed by atoms with Gasteiger partial charge >= 0.3 is 0 Å². The molecular formula is C20H25NO4. The quantitative estimate of drug-likeness (QED) is 0.855. The fourth-order valence-corrected chi connectivity index (χ4v) is 3.93. The summed E-state index contributed by atoms with van der Waals surface area (Å²) in [5, 5.41) is 10.4. The second-order valence-electron chi connectivity index (χ2n) is 6.60. The van der Waals surface area contributed by atoms with Crippen molar-refractivity contribution in [3.05, 3.63) is 41.2 Å². The average Bonchev–Trinajstić information content (AvgIpc) is 3.22. The van der Waals surface area contributed by atoms with E-state index >= 15 is 0 Å². The average molecular weight is 343 g/mol. The van der Waals surface area contributed by atoms with Gasteiger partial charge in [-0.05, 0) is 37.5 Å². The first-order chi connectivity index (χ1) is 12.1. The topological polar surface area (TPSA) is 66.8 Å². The standard InChI is InChI=1S/C20H25NO4/c1-3-16(22)17-18(13-8-7-11-15(12-13)25-4-2)21(20(24)19(17)23)14-9-5-6-10-14/h7-8,11-12,14,18,23H,3-6,9-10H2,1-2H3. The van der Waals surface area contributed by atoms with Crippen LogP contribution in [-0.4, -0.2) is 34.3 Å². The normalized spacial score (nSPS) is 21.3. The zero-order chi connectivity index (χ0) is 18.0. The first-order valence-electron chi connectivity index (χ1n) is 9.10. The van der Waals surface area contributed by atoms with Crippen LogP contribution >= 0.6 is 0 Å². The number of ether oxygens (including phenoxy) is 1. The fourth-order valence-electron chi connectivity index (χ4n) is 3.93. The van der Waals surface area contributed by atoms with Crippen molar-refractivity contribution in [2.24, 2.45) is 0 Å². The second kappa shape index (κ2) is 7.30. The Labute approximate surface area is 148 Å².